The monoisotopic (exact) mass is 396 g/mol. The van der Waals surface area contributed by atoms with Gasteiger partial charge in [0.2, 0.25) is 0 Å². The third-order valence-electron chi connectivity index (χ3n) is 4.21. The number of carbonyl (C=O) groups is 2. The molecular weight excluding hydrogens is 375 g/mol. The summed E-state index contributed by atoms with van der Waals surface area (Å²) in [5.41, 5.74) is 2.78. The van der Waals surface area contributed by atoms with E-state index in [4.69, 9.17) is 4.74 Å². The Morgan fingerprint density at radius 2 is 2.04 bits per heavy atom. The van der Waals surface area contributed by atoms with Crippen LogP contribution in [0.5, 0.6) is 0 Å². The fourth-order valence-corrected chi connectivity index (χ4v) is 2.92. The summed E-state index contributed by atoms with van der Waals surface area (Å²) in [5.74, 6) is -1.21. The highest BCUT2D eigenvalue weighted by atomic mass is 35.5. The van der Waals surface area contributed by atoms with E-state index in [1.807, 2.05) is 0 Å². The predicted molar refractivity (Wildman–Crippen MR) is 99.0 cm³/mol. The van der Waals surface area contributed by atoms with Crippen LogP contribution in [0.4, 0.5) is 4.39 Å². The van der Waals surface area contributed by atoms with E-state index in [0.717, 1.165) is 24.2 Å². The zero-order valence-electron chi connectivity index (χ0n) is 15.0. The van der Waals surface area contributed by atoms with Crippen molar-refractivity contribution in [3.05, 3.63) is 52.6 Å². The lowest BCUT2D eigenvalue weighted by atomic mass is 10.1. The van der Waals surface area contributed by atoms with Crippen LogP contribution in [0.1, 0.15) is 34.2 Å². The summed E-state index contributed by atoms with van der Waals surface area (Å²) in [4.78, 5) is 26.3. The average Bonchev–Trinajstić information content (AvgIpc) is 3.06. The molecule has 1 aromatic heterocycles. The molecule has 9 heteroatoms. The van der Waals surface area contributed by atoms with Gasteiger partial charge < -0.3 is 15.0 Å². The molecule has 0 atom stereocenters. The largest absolute Gasteiger partial charge is 0.465 e. The van der Waals surface area contributed by atoms with Crippen LogP contribution in [0.2, 0.25) is 0 Å². The van der Waals surface area contributed by atoms with Crippen LogP contribution in [0, 0.1) is 5.82 Å². The molecule has 1 amide bonds. The first-order valence-electron chi connectivity index (χ1n) is 8.54. The molecule has 0 bridgehead atoms. The number of H-pyrrole nitrogens is 1. The second kappa shape index (κ2) is 9.48. The van der Waals surface area contributed by atoms with Crippen molar-refractivity contribution in [2.75, 3.05) is 19.7 Å². The first-order valence-corrected chi connectivity index (χ1v) is 8.54. The molecule has 0 saturated heterocycles. The number of nitrogens with zero attached hydrogens (tertiary/aromatic N) is 2. The Balaban J connectivity index is 0.00000261. The van der Waals surface area contributed by atoms with Gasteiger partial charge in [-0.2, -0.15) is 5.10 Å². The van der Waals surface area contributed by atoms with Crippen LogP contribution in [-0.4, -0.2) is 46.7 Å². The molecule has 0 unspecified atom stereocenters. The fraction of sp³-hybridized carbons (Fsp3) is 0.389. The van der Waals surface area contributed by atoms with E-state index in [9.17, 15) is 14.0 Å². The summed E-state index contributed by atoms with van der Waals surface area (Å²) in [5, 5.41) is 10.3. The van der Waals surface area contributed by atoms with Crippen molar-refractivity contribution in [2.24, 2.45) is 0 Å². The van der Waals surface area contributed by atoms with Gasteiger partial charge in [0.05, 0.1) is 6.61 Å². The molecule has 146 valence electrons. The van der Waals surface area contributed by atoms with Crippen LogP contribution >= 0.6 is 12.4 Å². The van der Waals surface area contributed by atoms with Crippen molar-refractivity contribution in [3.8, 4) is 0 Å². The lowest BCUT2D eigenvalue weighted by Gasteiger charge is -2.22. The third-order valence-corrected chi connectivity index (χ3v) is 4.21. The van der Waals surface area contributed by atoms with Gasteiger partial charge >= 0.3 is 5.97 Å². The minimum atomic E-state index is -0.495. The number of esters is 1. The summed E-state index contributed by atoms with van der Waals surface area (Å²) in [6, 6.07) is 5.82. The molecule has 2 N–H and O–H groups in total. The smallest absolute Gasteiger partial charge is 0.325 e. The maximum absolute atomic E-state index is 13.1. The van der Waals surface area contributed by atoms with Crippen LogP contribution in [0.15, 0.2) is 24.3 Å². The van der Waals surface area contributed by atoms with Gasteiger partial charge in [-0.05, 0) is 24.6 Å². The van der Waals surface area contributed by atoms with Crippen LogP contribution < -0.4 is 5.32 Å². The molecule has 2 aromatic rings. The number of fused-ring (bicyclic) bond motifs is 1. The van der Waals surface area contributed by atoms with Crippen molar-refractivity contribution in [2.45, 2.75) is 26.4 Å². The number of amides is 1. The number of nitrogens with one attached hydrogen (secondary N) is 2. The quantitative estimate of drug-likeness (QED) is 0.727. The Kier molecular flexibility index (Phi) is 7.32. The van der Waals surface area contributed by atoms with Crippen LogP contribution in [0.25, 0.3) is 0 Å². The average molecular weight is 397 g/mol. The zero-order valence-corrected chi connectivity index (χ0v) is 15.8. The van der Waals surface area contributed by atoms with Crippen LogP contribution in [0.3, 0.4) is 0 Å². The van der Waals surface area contributed by atoms with Gasteiger partial charge in [-0.25, -0.2) is 4.39 Å². The first kappa shape index (κ1) is 20.9. The molecule has 27 heavy (non-hydrogen) atoms. The minimum absolute atomic E-state index is 0. The van der Waals surface area contributed by atoms with E-state index in [1.54, 1.807) is 19.1 Å². The van der Waals surface area contributed by atoms with Gasteiger partial charge in [0, 0.05) is 37.3 Å². The number of ether oxygens (including phenoxy) is 1. The van der Waals surface area contributed by atoms with Crippen molar-refractivity contribution in [3.63, 3.8) is 0 Å². The number of aromatic nitrogens is 2. The highest BCUT2D eigenvalue weighted by molar-refractivity contribution is 5.95. The molecule has 1 aliphatic heterocycles. The van der Waals surface area contributed by atoms with Crippen molar-refractivity contribution in [1.82, 2.24) is 20.4 Å². The molecule has 0 fully saturated rings. The maximum Gasteiger partial charge on any atom is 0.325 e. The second-order valence-electron chi connectivity index (χ2n) is 6.05. The molecule has 1 aliphatic rings. The second-order valence-corrected chi connectivity index (χ2v) is 6.05. The predicted octanol–water partition coefficient (Wildman–Crippen LogP) is 1.82. The molecule has 3 rings (SSSR count). The Morgan fingerprint density at radius 3 is 2.74 bits per heavy atom. The molecule has 0 aliphatic carbocycles. The summed E-state index contributed by atoms with van der Waals surface area (Å²) >= 11 is 0. The summed E-state index contributed by atoms with van der Waals surface area (Å²) in [6.45, 7) is 3.28. The number of hydrogen-bond acceptors (Lipinski definition) is 5. The number of aromatic amines is 1. The van der Waals surface area contributed by atoms with Gasteiger partial charge in [0.15, 0.2) is 5.69 Å². The molecule has 0 radical (unpaired) electrons. The SMILES string of the molecule is CCOC(=O)CN(Cc1ccc(F)cc1)C(=O)c1n[nH]c2c1CNCC2.Cl. The summed E-state index contributed by atoms with van der Waals surface area (Å²) in [7, 11) is 0. The van der Waals surface area contributed by atoms with Gasteiger partial charge in [-0.3, -0.25) is 14.7 Å². The fourth-order valence-electron chi connectivity index (χ4n) is 2.92. The Bertz CT molecular complexity index is 794. The number of halogens is 2. The number of carbonyl (C=O) groups excluding carboxylic acids is 2. The number of rotatable bonds is 6. The standard InChI is InChI=1S/C18H21FN4O3.ClH/c1-2-26-16(24)11-23(10-12-3-5-13(19)6-4-12)18(25)17-14-9-20-8-7-15(14)21-22-17;/h3-6,20H,2,7-11H2,1H3,(H,21,22);1H. The van der Waals surface area contributed by atoms with Gasteiger partial charge in [-0.15, -0.1) is 12.4 Å². The lowest BCUT2D eigenvalue weighted by molar-refractivity contribution is -0.143. The van der Waals surface area contributed by atoms with Crippen molar-refractivity contribution < 1.29 is 18.7 Å². The van der Waals surface area contributed by atoms with E-state index in [2.05, 4.69) is 15.5 Å². The van der Waals surface area contributed by atoms with Gasteiger partial charge in [-0.1, -0.05) is 12.1 Å². The van der Waals surface area contributed by atoms with E-state index >= 15 is 0 Å². The van der Waals surface area contributed by atoms with Gasteiger partial charge in [0.1, 0.15) is 12.4 Å². The zero-order chi connectivity index (χ0) is 18.5. The lowest BCUT2D eigenvalue weighted by Crippen LogP contribution is -2.37. The maximum atomic E-state index is 13.1. The topological polar surface area (TPSA) is 87.3 Å². The van der Waals surface area contributed by atoms with Crippen LogP contribution in [-0.2, 0) is 29.0 Å². The van der Waals surface area contributed by atoms with Gasteiger partial charge in [0.25, 0.3) is 5.91 Å². The first-order chi connectivity index (χ1) is 12.6. The Hall–Kier alpha value is -2.45. The molecular formula is C18H22ClFN4O3. The highest BCUT2D eigenvalue weighted by Crippen LogP contribution is 2.18. The van der Waals surface area contributed by atoms with E-state index in [1.165, 1.54) is 17.0 Å². The Morgan fingerprint density at radius 1 is 1.30 bits per heavy atom. The summed E-state index contributed by atoms with van der Waals surface area (Å²) in [6.07, 6.45) is 0.769. The molecule has 7 nitrogen and oxygen atoms in total. The molecule has 2 heterocycles. The van der Waals surface area contributed by atoms with E-state index < -0.39 is 5.97 Å². The van der Waals surface area contributed by atoms with Crippen molar-refractivity contribution >= 4 is 24.3 Å². The normalized spacial score (nSPS) is 12.7. The third kappa shape index (κ3) is 5.05. The molecule has 1 aromatic carbocycles. The Labute approximate surface area is 162 Å². The molecule has 0 spiro atoms. The van der Waals surface area contributed by atoms with E-state index in [-0.39, 0.29) is 43.8 Å². The number of hydrogen-bond donors (Lipinski definition) is 2. The highest BCUT2D eigenvalue weighted by Gasteiger charge is 2.27. The van der Waals surface area contributed by atoms with E-state index in [0.29, 0.717) is 17.8 Å². The minimum Gasteiger partial charge on any atom is -0.465 e. The summed E-state index contributed by atoms with van der Waals surface area (Å²) < 4.78 is 18.1. The number of benzene rings is 1. The van der Waals surface area contributed by atoms with Crippen molar-refractivity contribution in [1.29, 1.82) is 0 Å². The molecule has 0 saturated carbocycles.